The van der Waals surface area contributed by atoms with Crippen LogP contribution in [0.15, 0.2) is 77.2 Å². The highest BCUT2D eigenvalue weighted by Gasteiger charge is 2.19. The summed E-state index contributed by atoms with van der Waals surface area (Å²) in [4.78, 5) is 31.2. The second-order valence-electron chi connectivity index (χ2n) is 9.75. The zero-order chi connectivity index (χ0) is 26.5. The maximum absolute atomic E-state index is 13.1. The Morgan fingerprint density at radius 3 is 2.58 bits per heavy atom. The molecule has 1 fully saturated rings. The molecule has 0 saturated heterocycles. The van der Waals surface area contributed by atoms with Crippen LogP contribution in [-0.2, 0) is 17.5 Å². The van der Waals surface area contributed by atoms with Crippen LogP contribution in [-0.4, -0.2) is 15.7 Å². The quantitative estimate of drug-likeness (QED) is 0.173. The van der Waals surface area contributed by atoms with Gasteiger partial charge in [0.25, 0.3) is 5.91 Å². The average Bonchev–Trinajstić information content (AvgIpc) is 3.31. The van der Waals surface area contributed by atoms with Crippen LogP contribution in [0.5, 0.6) is 5.75 Å². The van der Waals surface area contributed by atoms with Gasteiger partial charge in [-0.05, 0) is 60.4 Å². The molecule has 1 heterocycles. The molecule has 9 heteroatoms. The molecule has 1 aromatic heterocycles. The Hall–Kier alpha value is -3.58. The van der Waals surface area contributed by atoms with Gasteiger partial charge in [-0.3, -0.25) is 14.6 Å². The summed E-state index contributed by atoms with van der Waals surface area (Å²) >= 11 is 0. The average molecular weight is 535 g/mol. The number of carbonyl (C=O) groups excluding carboxylic acids is 1. The normalized spacial score (nSPS) is 14.4. The number of hydrogen-bond donors (Lipinski definition) is 4. The highest BCUT2D eigenvalue weighted by molar-refractivity contribution is 7.46. The largest absolute Gasteiger partial charge is 0.524 e. The maximum atomic E-state index is 13.1. The van der Waals surface area contributed by atoms with Crippen LogP contribution in [0.1, 0.15) is 53.8 Å². The fourth-order valence-corrected chi connectivity index (χ4v) is 5.44. The van der Waals surface area contributed by atoms with Crippen LogP contribution in [0.2, 0.25) is 0 Å². The molecule has 5 rings (SSSR count). The minimum Gasteiger partial charge on any atom is -0.459 e. The molecule has 8 nitrogen and oxygen atoms in total. The predicted molar refractivity (Wildman–Crippen MR) is 147 cm³/mol. The van der Waals surface area contributed by atoms with Gasteiger partial charge in [0.15, 0.2) is 0 Å². The summed E-state index contributed by atoms with van der Waals surface area (Å²) in [5.41, 5.74) is 3.80. The molecule has 38 heavy (non-hydrogen) atoms. The fourth-order valence-electron chi connectivity index (χ4n) is 5.06. The van der Waals surface area contributed by atoms with E-state index in [9.17, 15) is 9.36 Å². The maximum Gasteiger partial charge on any atom is 0.524 e. The number of hydrogen-bond acceptors (Lipinski definition) is 5. The Morgan fingerprint density at radius 1 is 0.974 bits per heavy atom. The summed E-state index contributed by atoms with van der Waals surface area (Å²) in [6.07, 6.45) is 7.01. The van der Waals surface area contributed by atoms with Gasteiger partial charge in [0.1, 0.15) is 17.1 Å². The SMILES string of the molecule is O=C(Nc1cccc(OP(=O)(O)O)c1)c1ccc(NCc2cc3ccccc3o2)c(CC2CCCCC2)c1. The van der Waals surface area contributed by atoms with E-state index in [0.717, 1.165) is 34.4 Å². The molecular weight excluding hydrogens is 503 g/mol. The monoisotopic (exact) mass is 534 g/mol. The summed E-state index contributed by atoms with van der Waals surface area (Å²) in [7, 11) is -4.69. The van der Waals surface area contributed by atoms with Crippen LogP contribution in [0.4, 0.5) is 11.4 Å². The third kappa shape index (κ3) is 6.84. The molecule has 4 aromatic rings. The molecule has 0 spiro atoms. The highest BCUT2D eigenvalue weighted by Crippen LogP contribution is 2.38. The Balaban J connectivity index is 1.34. The Kier molecular flexibility index (Phi) is 7.84. The van der Waals surface area contributed by atoms with Crippen LogP contribution >= 0.6 is 7.82 Å². The molecule has 1 amide bonds. The van der Waals surface area contributed by atoms with E-state index in [-0.39, 0.29) is 11.7 Å². The number of fused-ring (bicyclic) bond motifs is 1. The standard InChI is InChI=1S/C29H31N2O6P/c32-29(31-24-10-6-11-25(18-24)37-38(33,34)35)22-13-14-27(23(16-22)15-20-7-2-1-3-8-20)30-19-26-17-21-9-4-5-12-28(21)36-26/h4-6,9-14,16-18,20,30H,1-3,7-8,15,19H2,(H,31,32)(H2,33,34,35). The minimum atomic E-state index is -4.69. The number of phosphoric ester groups is 1. The molecule has 0 unspecified atom stereocenters. The van der Waals surface area contributed by atoms with E-state index < -0.39 is 7.82 Å². The summed E-state index contributed by atoms with van der Waals surface area (Å²) in [6, 6.07) is 21.6. The molecule has 0 atom stereocenters. The van der Waals surface area contributed by atoms with E-state index in [0.29, 0.717) is 23.7 Å². The Morgan fingerprint density at radius 2 is 1.79 bits per heavy atom. The molecule has 198 valence electrons. The number of carbonyl (C=O) groups is 1. The fraction of sp³-hybridized carbons (Fsp3) is 0.276. The number of nitrogens with one attached hydrogen (secondary N) is 2. The van der Waals surface area contributed by atoms with Crippen molar-refractivity contribution in [2.75, 3.05) is 10.6 Å². The van der Waals surface area contributed by atoms with Crippen molar-refractivity contribution in [3.05, 3.63) is 89.7 Å². The van der Waals surface area contributed by atoms with Crippen molar-refractivity contribution in [3.63, 3.8) is 0 Å². The molecule has 0 bridgehead atoms. The lowest BCUT2D eigenvalue weighted by Gasteiger charge is -2.23. The van der Waals surface area contributed by atoms with Crippen molar-refractivity contribution in [1.82, 2.24) is 0 Å². The van der Waals surface area contributed by atoms with E-state index in [2.05, 4.69) is 15.2 Å². The molecule has 1 saturated carbocycles. The van der Waals surface area contributed by atoms with Crippen LogP contribution in [0.3, 0.4) is 0 Å². The van der Waals surface area contributed by atoms with Gasteiger partial charge >= 0.3 is 7.82 Å². The van der Waals surface area contributed by atoms with Gasteiger partial charge in [-0.1, -0.05) is 56.4 Å². The van der Waals surface area contributed by atoms with Crippen molar-refractivity contribution in [2.24, 2.45) is 5.92 Å². The number of phosphoric acid groups is 1. The minimum absolute atomic E-state index is 0.0285. The Labute approximate surface area is 221 Å². The van der Waals surface area contributed by atoms with E-state index in [1.165, 1.54) is 44.2 Å². The van der Waals surface area contributed by atoms with Crippen LogP contribution in [0, 0.1) is 5.92 Å². The van der Waals surface area contributed by atoms with Crippen LogP contribution < -0.4 is 15.2 Å². The first-order valence-electron chi connectivity index (χ1n) is 12.8. The summed E-state index contributed by atoms with van der Waals surface area (Å²) in [6.45, 7) is 0.532. The number of anilines is 2. The van der Waals surface area contributed by atoms with Gasteiger partial charge in [0.2, 0.25) is 0 Å². The molecular formula is C29H31N2O6P. The second kappa shape index (κ2) is 11.4. The van der Waals surface area contributed by atoms with Gasteiger partial charge < -0.3 is 19.6 Å². The van der Waals surface area contributed by atoms with Crippen molar-refractivity contribution in [1.29, 1.82) is 0 Å². The Bertz CT molecular complexity index is 1440. The summed E-state index contributed by atoms with van der Waals surface area (Å²) in [5, 5.41) is 7.37. The number of benzene rings is 3. The van der Waals surface area contributed by atoms with Crippen molar-refractivity contribution >= 4 is 36.1 Å². The number of rotatable bonds is 9. The zero-order valence-corrected chi connectivity index (χ0v) is 21.8. The zero-order valence-electron chi connectivity index (χ0n) is 20.9. The molecule has 1 aliphatic rings. The molecule has 0 aliphatic heterocycles. The molecule has 4 N–H and O–H groups in total. The smallest absolute Gasteiger partial charge is 0.459 e. The number of amides is 1. The third-order valence-electron chi connectivity index (χ3n) is 6.85. The van der Waals surface area contributed by atoms with Gasteiger partial charge in [0, 0.05) is 28.4 Å². The second-order valence-corrected chi connectivity index (χ2v) is 10.9. The van der Waals surface area contributed by atoms with E-state index in [1.54, 1.807) is 18.2 Å². The lowest BCUT2D eigenvalue weighted by Crippen LogP contribution is -2.15. The molecule has 0 radical (unpaired) electrons. The van der Waals surface area contributed by atoms with E-state index in [4.69, 9.17) is 14.2 Å². The highest BCUT2D eigenvalue weighted by atomic mass is 31.2. The predicted octanol–water partition coefficient (Wildman–Crippen LogP) is 6.89. The lowest BCUT2D eigenvalue weighted by atomic mass is 9.84. The molecule has 3 aromatic carbocycles. The third-order valence-corrected chi connectivity index (χ3v) is 7.30. The van der Waals surface area contributed by atoms with Crippen molar-refractivity contribution < 1.29 is 28.1 Å². The first-order valence-corrected chi connectivity index (χ1v) is 14.4. The van der Waals surface area contributed by atoms with Gasteiger partial charge in [-0.25, -0.2) is 4.57 Å². The lowest BCUT2D eigenvalue weighted by molar-refractivity contribution is 0.102. The van der Waals surface area contributed by atoms with Gasteiger partial charge in [-0.15, -0.1) is 0 Å². The van der Waals surface area contributed by atoms with Crippen molar-refractivity contribution in [2.45, 2.75) is 45.1 Å². The van der Waals surface area contributed by atoms with Crippen LogP contribution in [0.25, 0.3) is 11.0 Å². The van der Waals surface area contributed by atoms with Gasteiger partial charge in [0.05, 0.1) is 6.54 Å². The van der Waals surface area contributed by atoms with Crippen molar-refractivity contribution in [3.8, 4) is 5.75 Å². The first kappa shape index (κ1) is 26.0. The number of furan rings is 1. The first-order chi connectivity index (χ1) is 18.3. The summed E-state index contributed by atoms with van der Waals surface area (Å²) < 4.78 is 21.7. The summed E-state index contributed by atoms with van der Waals surface area (Å²) in [5.74, 6) is 1.08. The van der Waals surface area contributed by atoms with E-state index >= 15 is 0 Å². The number of para-hydroxylation sites is 1. The molecule has 1 aliphatic carbocycles. The topological polar surface area (TPSA) is 121 Å². The van der Waals surface area contributed by atoms with Gasteiger partial charge in [-0.2, -0.15) is 0 Å². The van der Waals surface area contributed by atoms with E-state index in [1.807, 2.05) is 42.5 Å².